The Kier molecular flexibility index (Phi) is 8.11. The molecule has 1 fully saturated rings. The molecule has 1 heterocycles. The van der Waals surface area contributed by atoms with E-state index in [4.69, 9.17) is 29.4 Å². The van der Waals surface area contributed by atoms with Crippen LogP contribution in [-0.4, -0.2) is 57.6 Å². The molecular weight excluding hydrogens is 310 g/mol. The fraction of sp³-hybridized carbons (Fsp3) is 0.667. The number of nitrogens with two attached hydrogens (primary N) is 1. The predicted octanol–water partition coefficient (Wildman–Crippen LogP) is 1.71. The van der Waals surface area contributed by atoms with Gasteiger partial charge in [-0.2, -0.15) is 0 Å². The Labute approximate surface area is 144 Å². The van der Waals surface area contributed by atoms with E-state index in [-0.39, 0.29) is 18.3 Å². The van der Waals surface area contributed by atoms with E-state index >= 15 is 0 Å². The second-order valence-corrected chi connectivity index (χ2v) is 5.70. The van der Waals surface area contributed by atoms with Gasteiger partial charge < -0.3 is 29.4 Å². The second kappa shape index (κ2) is 10.1. The lowest BCUT2D eigenvalue weighted by Crippen LogP contribution is -2.64. The van der Waals surface area contributed by atoms with Crippen LogP contribution in [0.5, 0.6) is 0 Å². The fourth-order valence-electron chi connectivity index (χ4n) is 2.93. The summed E-state index contributed by atoms with van der Waals surface area (Å²) in [4.78, 5) is 0. The van der Waals surface area contributed by atoms with E-state index in [0.717, 1.165) is 5.56 Å². The van der Waals surface area contributed by atoms with Gasteiger partial charge in [0.25, 0.3) is 0 Å². The summed E-state index contributed by atoms with van der Waals surface area (Å²) in [7, 11) is 1.64. The second-order valence-electron chi connectivity index (χ2n) is 5.70. The van der Waals surface area contributed by atoms with Crippen LogP contribution < -0.4 is 5.73 Å². The molecule has 0 spiro atoms. The van der Waals surface area contributed by atoms with Crippen molar-refractivity contribution in [1.82, 2.24) is 0 Å². The molecule has 1 aromatic rings. The summed E-state index contributed by atoms with van der Waals surface area (Å²) >= 11 is 0. The summed E-state index contributed by atoms with van der Waals surface area (Å²) in [5.74, 6) is 0. The zero-order chi connectivity index (χ0) is 17.4. The van der Waals surface area contributed by atoms with Gasteiger partial charge in [-0.1, -0.05) is 30.3 Å². The van der Waals surface area contributed by atoms with Gasteiger partial charge in [0.2, 0.25) is 0 Å². The van der Waals surface area contributed by atoms with Crippen LogP contribution >= 0.6 is 0 Å². The summed E-state index contributed by atoms with van der Waals surface area (Å²) < 4.78 is 28.8. The normalized spacial score (nSPS) is 30.4. The number of methoxy groups -OCH3 is 1. The highest BCUT2D eigenvalue weighted by Gasteiger charge is 2.45. The molecule has 6 heteroatoms. The Hall–Kier alpha value is -1.02. The van der Waals surface area contributed by atoms with Crippen molar-refractivity contribution in [3.63, 3.8) is 0 Å². The number of hydrogen-bond acceptors (Lipinski definition) is 6. The quantitative estimate of drug-likeness (QED) is 0.738. The molecule has 2 rings (SSSR count). The third-order valence-electron chi connectivity index (χ3n) is 4.05. The van der Waals surface area contributed by atoms with Gasteiger partial charge >= 0.3 is 0 Å². The minimum atomic E-state index is -0.525. The highest BCUT2D eigenvalue weighted by atomic mass is 16.7. The molecule has 5 atom stereocenters. The van der Waals surface area contributed by atoms with Crippen LogP contribution in [-0.2, 0) is 30.3 Å². The van der Waals surface area contributed by atoms with Crippen molar-refractivity contribution in [2.24, 2.45) is 5.73 Å². The Morgan fingerprint density at radius 3 is 2.38 bits per heavy atom. The molecule has 24 heavy (non-hydrogen) atoms. The summed E-state index contributed by atoms with van der Waals surface area (Å²) in [6, 6.07) is 9.61. The molecule has 3 unspecified atom stereocenters. The maximum atomic E-state index is 6.25. The predicted molar refractivity (Wildman–Crippen MR) is 90.6 cm³/mol. The van der Waals surface area contributed by atoms with Crippen LogP contribution in [0.1, 0.15) is 19.4 Å². The van der Waals surface area contributed by atoms with Gasteiger partial charge in [0.15, 0.2) is 6.29 Å². The Bertz CT molecular complexity index is 458. The standard InChI is InChI=1S/C18H29NO5/c1-4-22-17-15(19)18(23-5-2)24-14(16(17)20-3)12-21-11-13-9-7-6-8-10-13/h6-10,14-18H,4-5,11-12,19H2,1-3H3/t14?,15?,16-,17+,18?/m0/s1. The van der Waals surface area contributed by atoms with E-state index in [1.165, 1.54) is 0 Å². The monoisotopic (exact) mass is 339 g/mol. The molecule has 1 saturated heterocycles. The average molecular weight is 339 g/mol. The van der Waals surface area contributed by atoms with Crippen molar-refractivity contribution in [2.75, 3.05) is 26.9 Å². The first-order chi connectivity index (χ1) is 11.7. The van der Waals surface area contributed by atoms with Crippen LogP contribution in [0.2, 0.25) is 0 Å². The zero-order valence-electron chi connectivity index (χ0n) is 14.7. The van der Waals surface area contributed by atoms with Crippen LogP contribution in [0.25, 0.3) is 0 Å². The highest BCUT2D eigenvalue weighted by molar-refractivity contribution is 5.13. The van der Waals surface area contributed by atoms with Crippen LogP contribution in [0.3, 0.4) is 0 Å². The van der Waals surface area contributed by atoms with E-state index in [2.05, 4.69) is 0 Å². The lowest BCUT2D eigenvalue weighted by Gasteiger charge is -2.44. The van der Waals surface area contributed by atoms with Crippen molar-refractivity contribution in [2.45, 2.75) is 51.1 Å². The molecule has 2 N–H and O–H groups in total. The minimum absolute atomic E-state index is 0.296. The molecule has 0 amide bonds. The van der Waals surface area contributed by atoms with Gasteiger partial charge in [-0.25, -0.2) is 0 Å². The van der Waals surface area contributed by atoms with Crippen LogP contribution in [0, 0.1) is 0 Å². The van der Waals surface area contributed by atoms with Gasteiger partial charge in [0, 0.05) is 20.3 Å². The average Bonchev–Trinajstić information content (AvgIpc) is 2.60. The number of rotatable bonds is 9. The van der Waals surface area contributed by atoms with Gasteiger partial charge in [0.1, 0.15) is 18.3 Å². The lowest BCUT2D eigenvalue weighted by molar-refractivity contribution is -0.278. The first-order valence-electron chi connectivity index (χ1n) is 8.49. The van der Waals surface area contributed by atoms with E-state index < -0.39 is 12.3 Å². The molecule has 1 aromatic carbocycles. The van der Waals surface area contributed by atoms with Crippen molar-refractivity contribution in [1.29, 1.82) is 0 Å². The lowest BCUT2D eigenvalue weighted by atomic mass is 9.97. The van der Waals surface area contributed by atoms with E-state index in [1.807, 2.05) is 44.2 Å². The molecular formula is C18H29NO5. The minimum Gasteiger partial charge on any atom is -0.376 e. The maximum Gasteiger partial charge on any atom is 0.175 e. The maximum absolute atomic E-state index is 6.25. The number of hydrogen-bond donors (Lipinski definition) is 1. The van der Waals surface area contributed by atoms with Crippen LogP contribution in [0.15, 0.2) is 30.3 Å². The van der Waals surface area contributed by atoms with Crippen LogP contribution in [0.4, 0.5) is 0 Å². The van der Waals surface area contributed by atoms with Crippen molar-refractivity contribution in [3.05, 3.63) is 35.9 Å². The molecule has 1 aliphatic heterocycles. The summed E-state index contributed by atoms with van der Waals surface area (Å²) in [6.07, 6.45) is -1.42. The number of benzene rings is 1. The van der Waals surface area contributed by atoms with Gasteiger partial charge in [0.05, 0.1) is 19.3 Å². The fourth-order valence-corrected chi connectivity index (χ4v) is 2.93. The third kappa shape index (κ3) is 4.99. The van der Waals surface area contributed by atoms with Crippen molar-refractivity contribution in [3.8, 4) is 0 Å². The van der Waals surface area contributed by atoms with Crippen molar-refractivity contribution >= 4 is 0 Å². The third-order valence-corrected chi connectivity index (χ3v) is 4.05. The van der Waals surface area contributed by atoms with Crippen molar-refractivity contribution < 1.29 is 23.7 Å². The van der Waals surface area contributed by atoms with E-state index in [1.54, 1.807) is 7.11 Å². The Morgan fingerprint density at radius 1 is 1.04 bits per heavy atom. The molecule has 0 radical (unpaired) electrons. The largest absolute Gasteiger partial charge is 0.376 e. The molecule has 136 valence electrons. The first-order valence-corrected chi connectivity index (χ1v) is 8.49. The smallest absolute Gasteiger partial charge is 0.175 e. The highest BCUT2D eigenvalue weighted by Crippen LogP contribution is 2.25. The Morgan fingerprint density at radius 2 is 1.75 bits per heavy atom. The zero-order valence-corrected chi connectivity index (χ0v) is 14.7. The van der Waals surface area contributed by atoms with E-state index in [9.17, 15) is 0 Å². The molecule has 1 aliphatic rings. The molecule has 0 aromatic heterocycles. The molecule has 0 aliphatic carbocycles. The van der Waals surface area contributed by atoms with Gasteiger partial charge in [-0.15, -0.1) is 0 Å². The first kappa shape index (κ1) is 19.3. The van der Waals surface area contributed by atoms with Gasteiger partial charge in [-0.3, -0.25) is 0 Å². The van der Waals surface area contributed by atoms with E-state index in [0.29, 0.717) is 26.4 Å². The molecule has 0 saturated carbocycles. The van der Waals surface area contributed by atoms with Gasteiger partial charge in [-0.05, 0) is 19.4 Å². The topological polar surface area (TPSA) is 72.2 Å². The summed E-state index contributed by atoms with van der Waals surface area (Å²) in [5, 5.41) is 0. The summed E-state index contributed by atoms with van der Waals surface area (Å²) in [6.45, 7) is 5.82. The molecule has 6 nitrogen and oxygen atoms in total. The SMILES string of the molecule is CCOC1OC(COCc2ccccc2)[C@H](OC)[C@H](OCC)C1N. The molecule has 0 bridgehead atoms. The Balaban J connectivity index is 1.98. The number of ether oxygens (including phenoxy) is 5. The summed E-state index contributed by atoms with van der Waals surface area (Å²) in [5.41, 5.74) is 7.36.